The molecule has 5 atom stereocenters. The summed E-state index contributed by atoms with van der Waals surface area (Å²) in [6.45, 7) is 0.538. The maximum atomic E-state index is 10.5. The Balaban J connectivity index is 1.89. The Morgan fingerprint density at radius 2 is 2.10 bits per heavy atom. The van der Waals surface area contributed by atoms with Gasteiger partial charge in [0.1, 0.15) is 0 Å². The molecule has 2 rings (SSSR count). The van der Waals surface area contributed by atoms with Crippen LogP contribution in [0, 0.1) is 11.8 Å². The lowest BCUT2D eigenvalue weighted by Crippen LogP contribution is -2.19. The molecule has 0 bridgehead atoms. The van der Waals surface area contributed by atoms with E-state index < -0.39 is 18.2 Å². The number of ether oxygens (including phenoxy) is 1. The summed E-state index contributed by atoms with van der Waals surface area (Å²) in [5, 5.41) is 29.4. The molecule has 6 heteroatoms. The average molecular weight is 437 g/mol. The highest BCUT2D eigenvalue weighted by molar-refractivity contribution is 6.21. The smallest absolute Gasteiger partial charge is 0.303 e. The highest BCUT2D eigenvalue weighted by Gasteiger charge is 2.39. The van der Waals surface area contributed by atoms with Gasteiger partial charge in [-0.25, -0.2) is 0 Å². The molecule has 0 saturated heterocycles. The molecule has 1 aliphatic carbocycles. The molecule has 1 saturated carbocycles. The molecule has 0 radical (unpaired) electrons. The number of unbranched alkanes of at least 4 members (excludes halogenated alkanes) is 1. The molecule has 0 spiro atoms. The number of alkyl halides is 1. The Morgan fingerprint density at radius 3 is 2.83 bits per heavy atom. The van der Waals surface area contributed by atoms with Crippen LogP contribution in [-0.4, -0.2) is 46.0 Å². The van der Waals surface area contributed by atoms with E-state index >= 15 is 0 Å². The normalized spacial score (nSPS) is 25.3. The molecular formula is C24H33ClO5. The van der Waals surface area contributed by atoms with Gasteiger partial charge in [0.25, 0.3) is 0 Å². The summed E-state index contributed by atoms with van der Waals surface area (Å²) in [5.74, 6) is -0.797. The second kappa shape index (κ2) is 12.9. The summed E-state index contributed by atoms with van der Waals surface area (Å²) in [7, 11) is 1.66. The molecule has 1 aliphatic rings. The molecule has 166 valence electrons. The minimum atomic E-state index is -0.780. The summed E-state index contributed by atoms with van der Waals surface area (Å²) in [6, 6.07) is 7.95. The van der Waals surface area contributed by atoms with Crippen LogP contribution < -0.4 is 0 Å². The molecule has 1 aromatic carbocycles. The van der Waals surface area contributed by atoms with Crippen molar-refractivity contribution >= 4 is 17.6 Å². The zero-order valence-electron chi connectivity index (χ0n) is 17.5. The lowest BCUT2D eigenvalue weighted by molar-refractivity contribution is -0.137. The zero-order chi connectivity index (χ0) is 21.9. The zero-order valence-corrected chi connectivity index (χ0v) is 18.2. The molecule has 30 heavy (non-hydrogen) atoms. The number of allylic oxidation sites excluding steroid dienone is 2. The van der Waals surface area contributed by atoms with Crippen molar-refractivity contribution in [2.45, 2.75) is 62.7 Å². The van der Waals surface area contributed by atoms with Crippen LogP contribution in [0.4, 0.5) is 0 Å². The maximum Gasteiger partial charge on any atom is 0.303 e. The number of aliphatic hydroxyl groups excluding tert-OH is 2. The van der Waals surface area contributed by atoms with Gasteiger partial charge < -0.3 is 20.1 Å². The van der Waals surface area contributed by atoms with Gasteiger partial charge in [-0.2, -0.15) is 0 Å². The first-order chi connectivity index (χ1) is 14.4. The highest BCUT2D eigenvalue weighted by atomic mass is 35.5. The van der Waals surface area contributed by atoms with Crippen molar-refractivity contribution in [3.63, 3.8) is 0 Å². The van der Waals surface area contributed by atoms with Gasteiger partial charge in [-0.3, -0.25) is 4.79 Å². The first kappa shape index (κ1) is 24.6. The minimum Gasteiger partial charge on any atom is -0.481 e. The second-order valence-corrected chi connectivity index (χ2v) is 8.52. The van der Waals surface area contributed by atoms with Crippen molar-refractivity contribution in [2.75, 3.05) is 7.11 Å². The van der Waals surface area contributed by atoms with Gasteiger partial charge in [0, 0.05) is 31.2 Å². The second-order valence-electron chi connectivity index (χ2n) is 7.96. The van der Waals surface area contributed by atoms with E-state index in [4.69, 9.17) is 21.4 Å². The standard InChI is InChI=1S/C24H33ClO5/c1-30-16-18-8-6-7-17(13-18)14-19(26)11-12-21-20(22(25)15-23(21)27)9-4-2-3-5-10-24(28)29/h2,4,6-8,11-13,19-23,26-27H,3,5,9-10,14-16H2,1H3,(H,28,29)/t19-,20+,21+,22+,23+/m0/s1. The van der Waals surface area contributed by atoms with Gasteiger partial charge in [0.2, 0.25) is 0 Å². The molecule has 3 N–H and O–H groups in total. The van der Waals surface area contributed by atoms with Crippen LogP contribution >= 0.6 is 11.6 Å². The molecule has 0 aromatic heterocycles. The van der Waals surface area contributed by atoms with Crippen molar-refractivity contribution < 1.29 is 24.9 Å². The number of benzene rings is 1. The quantitative estimate of drug-likeness (QED) is 0.261. The number of halogens is 1. The van der Waals surface area contributed by atoms with Gasteiger partial charge in [-0.05, 0) is 42.7 Å². The average Bonchev–Trinajstić information content (AvgIpc) is 2.95. The number of methoxy groups -OCH3 is 1. The fourth-order valence-corrected chi connectivity index (χ4v) is 4.44. The summed E-state index contributed by atoms with van der Waals surface area (Å²) >= 11 is 6.46. The van der Waals surface area contributed by atoms with Crippen molar-refractivity contribution in [1.29, 1.82) is 0 Å². The van der Waals surface area contributed by atoms with E-state index in [-0.39, 0.29) is 23.6 Å². The fourth-order valence-electron chi connectivity index (χ4n) is 3.99. The highest BCUT2D eigenvalue weighted by Crippen LogP contribution is 2.39. The summed E-state index contributed by atoms with van der Waals surface area (Å²) in [5.41, 5.74) is 2.10. The number of hydrogen-bond donors (Lipinski definition) is 3. The number of aliphatic carboxylic acids is 1. The predicted molar refractivity (Wildman–Crippen MR) is 118 cm³/mol. The molecule has 0 aliphatic heterocycles. The van der Waals surface area contributed by atoms with Crippen LogP contribution in [0.15, 0.2) is 48.6 Å². The largest absolute Gasteiger partial charge is 0.481 e. The van der Waals surface area contributed by atoms with E-state index in [0.29, 0.717) is 25.9 Å². The third kappa shape index (κ3) is 8.23. The Hall–Kier alpha value is -1.66. The van der Waals surface area contributed by atoms with E-state index in [2.05, 4.69) is 0 Å². The molecule has 0 heterocycles. The van der Waals surface area contributed by atoms with Gasteiger partial charge in [-0.1, -0.05) is 48.6 Å². The molecule has 1 fully saturated rings. The van der Waals surface area contributed by atoms with Gasteiger partial charge >= 0.3 is 5.97 Å². The van der Waals surface area contributed by atoms with Crippen molar-refractivity contribution in [2.24, 2.45) is 11.8 Å². The van der Waals surface area contributed by atoms with Crippen LogP contribution in [0.25, 0.3) is 0 Å². The van der Waals surface area contributed by atoms with E-state index in [9.17, 15) is 15.0 Å². The molecule has 0 amide bonds. The van der Waals surface area contributed by atoms with Crippen molar-refractivity contribution in [3.05, 3.63) is 59.7 Å². The third-order valence-corrected chi connectivity index (χ3v) is 6.01. The fraction of sp³-hybridized carbons (Fsp3) is 0.542. The van der Waals surface area contributed by atoms with Crippen molar-refractivity contribution in [3.8, 4) is 0 Å². The Morgan fingerprint density at radius 1 is 1.33 bits per heavy atom. The Bertz CT molecular complexity index is 717. The van der Waals surface area contributed by atoms with Gasteiger partial charge in [0.05, 0.1) is 18.8 Å². The van der Waals surface area contributed by atoms with E-state index in [0.717, 1.165) is 24.0 Å². The minimum absolute atomic E-state index is 0.0888. The summed E-state index contributed by atoms with van der Waals surface area (Å²) in [4.78, 5) is 10.5. The molecule has 5 nitrogen and oxygen atoms in total. The Labute approximate surface area is 184 Å². The first-order valence-electron chi connectivity index (χ1n) is 10.5. The van der Waals surface area contributed by atoms with Crippen LogP contribution in [0.1, 0.15) is 43.2 Å². The molecular weight excluding hydrogens is 404 g/mol. The van der Waals surface area contributed by atoms with Crippen LogP contribution in [0.5, 0.6) is 0 Å². The van der Waals surface area contributed by atoms with Crippen LogP contribution in [0.2, 0.25) is 0 Å². The number of hydrogen-bond acceptors (Lipinski definition) is 4. The van der Waals surface area contributed by atoms with Crippen LogP contribution in [-0.2, 0) is 22.6 Å². The number of aliphatic hydroxyl groups is 2. The predicted octanol–water partition coefficient (Wildman–Crippen LogP) is 4.10. The SMILES string of the molecule is COCc1cccc(C[C@@H](O)C=C[C@@H]2[C@@H](CC=CCCCC(=O)O)[C@H](Cl)C[C@H]2O)c1. The lowest BCUT2D eigenvalue weighted by Gasteiger charge is -2.19. The molecule has 1 aromatic rings. The maximum absolute atomic E-state index is 10.5. The van der Waals surface area contributed by atoms with Gasteiger partial charge in [0.15, 0.2) is 0 Å². The number of rotatable bonds is 12. The third-order valence-electron chi connectivity index (χ3n) is 5.51. The Kier molecular flexibility index (Phi) is 10.6. The summed E-state index contributed by atoms with van der Waals surface area (Å²) < 4.78 is 5.15. The number of carboxylic acid groups (broad SMARTS) is 1. The monoisotopic (exact) mass is 436 g/mol. The van der Waals surface area contributed by atoms with E-state index in [1.165, 1.54) is 0 Å². The lowest BCUT2D eigenvalue weighted by atomic mass is 9.90. The number of carboxylic acids is 1. The van der Waals surface area contributed by atoms with Crippen LogP contribution in [0.3, 0.4) is 0 Å². The first-order valence-corrected chi connectivity index (χ1v) is 11.0. The van der Waals surface area contributed by atoms with E-state index in [1.807, 2.05) is 42.5 Å². The van der Waals surface area contributed by atoms with Crippen molar-refractivity contribution in [1.82, 2.24) is 0 Å². The van der Waals surface area contributed by atoms with Gasteiger partial charge in [-0.15, -0.1) is 11.6 Å². The van der Waals surface area contributed by atoms with E-state index in [1.54, 1.807) is 13.2 Å². The topological polar surface area (TPSA) is 87.0 Å². The molecule has 0 unspecified atom stereocenters. The summed E-state index contributed by atoms with van der Waals surface area (Å²) in [6.07, 6.45) is 9.76. The number of carbonyl (C=O) groups is 1.